The summed E-state index contributed by atoms with van der Waals surface area (Å²) in [5.41, 5.74) is 5.32. The van der Waals surface area contributed by atoms with Crippen molar-refractivity contribution in [1.82, 2.24) is 0 Å². The zero-order chi connectivity index (χ0) is 43.7. The number of carboxylic acids is 1. The number of hydrogen-bond acceptors (Lipinski definition) is 10. The minimum atomic E-state index is -4.76. The Hall–Kier alpha value is -3.38. The highest BCUT2D eigenvalue weighted by Crippen LogP contribution is 2.43. The lowest BCUT2D eigenvalue weighted by molar-refractivity contribution is -0.161. The van der Waals surface area contributed by atoms with Crippen molar-refractivity contribution < 1.29 is 52.6 Å². The Bertz CT molecular complexity index is 1340. The van der Waals surface area contributed by atoms with Gasteiger partial charge in [0.25, 0.3) is 0 Å². The third-order valence-corrected chi connectivity index (χ3v) is 9.65. The molecule has 0 aromatic heterocycles. The van der Waals surface area contributed by atoms with E-state index in [1.165, 1.54) is 38.5 Å². The van der Waals surface area contributed by atoms with E-state index in [0.29, 0.717) is 32.1 Å². The SMILES string of the molecule is CCCCC/C=C\C=C/[C@@H](O)C/C=C\C/C=C/CCCC(=O)OC[C@H](COP(=O)(O)OC[C@H](N)C(=O)O)OC(=O)CCCCCC/C=C\C/C=C\C/C=C\CCCCC. The van der Waals surface area contributed by atoms with E-state index in [1.54, 1.807) is 6.08 Å². The first-order valence-electron chi connectivity index (χ1n) is 21.7. The van der Waals surface area contributed by atoms with Gasteiger partial charge in [0.15, 0.2) is 6.10 Å². The number of nitrogens with two attached hydrogens (primary N) is 1. The predicted octanol–water partition coefficient (Wildman–Crippen LogP) is 10.5. The topological polar surface area (TPSA) is 192 Å². The molecule has 0 saturated carbocycles. The molecule has 0 rings (SSSR count). The number of aliphatic hydroxyl groups excluding tert-OH is 1. The van der Waals surface area contributed by atoms with Crippen molar-refractivity contribution in [2.45, 2.75) is 167 Å². The van der Waals surface area contributed by atoms with Crippen LogP contribution < -0.4 is 5.73 Å². The van der Waals surface area contributed by atoms with Gasteiger partial charge >= 0.3 is 25.7 Å². The summed E-state index contributed by atoms with van der Waals surface area (Å²) in [7, 11) is -4.76. The third-order valence-electron chi connectivity index (χ3n) is 8.70. The van der Waals surface area contributed by atoms with E-state index in [2.05, 4.69) is 60.9 Å². The van der Waals surface area contributed by atoms with E-state index in [0.717, 1.165) is 51.4 Å². The molecule has 0 saturated heterocycles. The molecular formula is C46H76NO11P. The Kier molecular flexibility index (Phi) is 37.8. The van der Waals surface area contributed by atoms with Gasteiger partial charge in [-0.05, 0) is 83.5 Å². The summed E-state index contributed by atoms with van der Waals surface area (Å²) in [4.78, 5) is 45.9. The summed E-state index contributed by atoms with van der Waals surface area (Å²) in [6.45, 7) is 2.56. The summed E-state index contributed by atoms with van der Waals surface area (Å²) < 4.78 is 32.6. The smallest absolute Gasteiger partial charge is 0.472 e. The number of carboxylic acid groups (broad SMARTS) is 1. The molecule has 0 aliphatic heterocycles. The lowest BCUT2D eigenvalue weighted by atomic mass is 10.1. The van der Waals surface area contributed by atoms with E-state index >= 15 is 0 Å². The quantitative estimate of drug-likeness (QED) is 0.0151. The Balaban J connectivity index is 4.58. The molecule has 0 spiro atoms. The molecule has 0 aromatic rings. The van der Waals surface area contributed by atoms with Crippen molar-refractivity contribution in [2.24, 2.45) is 5.73 Å². The molecule has 0 aliphatic rings. The maximum absolute atomic E-state index is 12.6. The maximum atomic E-state index is 12.6. The van der Waals surface area contributed by atoms with Crippen molar-refractivity contribution in [3.8, 4) is 0 Å². The Labute approximate surface area is 355 Å². The number of aliphatic hydroxyl groups is 1. The van der Waals surface area contributed by atoms with Gasteiger partial charge in [0.1, 0.15) is 12.6 Å². The molecule has 12 nitrogen and oxygen atoms in total. The molecule has 0 fully saturated rings. The van der Waals surface area contributed by atoms with Gasteiger partial charge in [-0.3, -0.25) is 23.4 Å². The van der Waals surface area contributed by atoms with Gasteiger partial charge in [-0.1, -0.05) is 137 Å². The van der Waals surface area contributed by atoms with Crippen LogP contribution in [-0.4, -0.2) is 71.1 Å². The van der Waals surface area contributed by atoms with Gasteiger partial charge in [0.05, 0.1) is 19.3 Å². The number of unbranched alkanes of at least 4 members (excludes halogenated alkanes) is 11. The molecule has 1 unspecified atom stereocenters. The van der Waals surface area contributed by atoms with Crippen LogP contribution in [0.1, 0.15) is 149 Å². The Morgan fingerprint density at radius 3 is 1.73 bits per heavy atom. The van der Waals surface area contributed by atoms with Crippen LogP contribution in [0.15, 0.2) is 85.1 Å². The van der Waals surface area contributed by atoms with Crippen molar-refractivity contribution in [3.63, 3.8) is 0 Å². The number of carbonyl (C=O) groups excluding carboxylic acids is 2. The van der Waals surface area contributed by atoms with Gasteiger partial charge < -0.3 is 30.3 Å². The van der Waals surface area contributed by atoms with E-state index in [9.17, 15) is 28.9 Å². The van der Waals surface area contributed by atoms with Gasteiger partial charge in [0, 0.05) is 12.8 Å². The summed E-state index contributed by atoms with van der Waals surface area (Å²) >= 11 is 0. The summed E-state index contributed by atoms with van der Waals surface area (Å²) in [6.07, 6.45) is 45.3. The monoisotopic (exact) mass is 850 g/mol. The number of ether oxygens (including phenoxy) is 2. The first-order valence-corrected chi connectivity index (χ1v) is 23.2. The molecule has 59 heavy (non-hydrogen) atoms. The van der Waals surface area contributed by atoms with E-state index in [4.69, 9.17) is 24.8 Å². The molecular weight excluding hydrogens is 773 g/mol. The zero-order valence-electron chi connectivity index (χ0n) is 35.9. The molecule has 0 amide bonds. The van der Waals surface area contributed by atoms with Gasteiger partial charge in [-0.15, -0.1) is 0 Å². The normalized spacial score (nSPS) is 15.1. The van der Waals surface area contributed by atoms with Crippen molar-refractivity contribution >= 4 is 25.7 Å². The zero-order valence-corrected chi connectivity index (χ0v) is 36.8. The molecule has 0 bridgehead atoms. The van der Waals surface area contributed by atoms with Crippen LogP contribution in [0, 0.1) is 0 Å². The van der Waals surface area contributed by atoms with Crippen molar-refractivity contribution in [1.29, 1.82) is 0 Å². The highest BCUT2D eigenvalue weighted by Gasteiger charge is 2.28. The highest BCUT2D eigenvalue weighted by atomic mass is 31.2. The molecule has 0 radical (unpaired) electrons. The number of phosphoric ester groups is 1. The van der Waals surface area contributed by atoms with E-state index in [-0.39, 0.29) is 12.8 Å². The summed E-state index contributed by atoms with van der Waals surface area (Å²) in [6, 6.07) is -1.55. The van der Waals surface area contributed by atoms with E-state index in [1.807, 2.05) is 36.5 Å². The molecule has 0 heterocycles. The van der Waals surface area contributed by atoms with Crippen LogP contribution in [0.25, 0.3) is 0 Å². The number of hydrogen-bond donors (Lipinski definition) is 4. The molecule has 0 aromatic carbocycles. The van der Waals surface area contributed by atoms with Gasteiger partial charge in [0.2, 0.25) is 0 Å². The number of rotatable bonds is 39. The van der Waals surface area contributed by atoms with Crippen LogP contribution in [0.5, 0.6) is 0 Å². The maximum Gasteiger partial charge on any atom is 0.472 e. The van der Waals surface area contributed by atoms with Crippen molar-refractivity contribution in [3.05, 3.63) is 85.1 Å². The molecule has 0 aliphatic carbocycles. The third kappa shape index (κ3) is 39.8. The first kappa shape index (κ1) is 55.6. The van der Waals surface area contributed by atoms with E-state index < -0.39 is 63.8 Å². The van der Waals surface area contributed by atoms with Crippen LogP contribution in [0.3, 0.4) is 0 Å². The summed E-state index contributed by atoms with van der Waals surface area (Å²) in [5, 5.41) is 18.9. The number of esters is 2. The van der Waals surface area contributed by atoms with Crippen LogP contribution >= 0.6 is 7.82 Å². The molecule has 336 valence electrons. The number of phosphoric acid groups is 1. The molecule has 5 N–H and O–H groups in total. The van der Waals surface area contributed by atoms with Gasteiger partial charge in [-0.25, -0.2) is 4.57 Å². The van der Waals surface area contributed by atoms with Crippen LogP contribution in [0.2, 0.25) is 0 Å². The second kappa shape index (κ2) is 40.0. The molecule has 4 atom stereocenters. The van der Waals surface area contributed by atoms with Crippen molar-refractivity contribution in [2.75, 3.05) is 19.8 Å². The minimum Gasteiger partial charge on any atom is -0.480 e. The molecule has 13 heteroatoms. The highest BCUT2D eigenvalue weighted by molar-refractivity contribution is 7.47. The van der Waals surface area contributed by atoms with Gasteiger partial charge in [-0.2, -0.15) is 0 Å². The standard InChI is InChI=1S/C46H76NO11P/c1-3-5-7-9-11-12-13-14-15-16-17-18-19-20-24-29-33-37-45(50)58-42(39-56-59(53,54)57-40-43(47)46(51)52)38-55-44(49)36-32-28-25-21-23-27-31-35-41(48)34-30-26-22-10-8-6-4-2/h11-12,14-15,17-18,21-22,25-27,30-31,34,41-43,48H,3-10,13,16,19-20,23-24,28-29,32-33,35-40,47H2,1-2H3,(H,51,52)(H,53,54)/b12-11-,15-14-,18-17-,25-21+,26-22-,31-27-,34-30-/t41-,42-,43+/m1/s1. The Morgan fingerprint density at radius 2 is 1.12 bits per heavy atom. The predicted molar refractivity (Wildman–Crippen MR) is 236 cm³/mol. The minimum absolute atomic E-state index is 0.102. The second-order valence-corrected chi connectivity index (χ2v) is 15.8. The van der Waals surface area contributed by atoms with Crippen LogP contribution in [0.4, 0.5) is 0 Å². The summed E-state index contributed by atoms with van der Waals surface area (Å²) in [5.74, 6) is -2.54. The van der Waals surface area contributed by atoms with Crippen LogP contribution in [-0.2, 0) is 37.5 Å². The first-order chi connectivity index (χ1) is 28.5. The number of allylic oxidation sites excluding steroid dienone is 12. The lowest BCUT2D eigenvalue weighted by Crippen LogP contribution is -2.34. The average Bonchev–Trinajstić information content (AvgIpc) is 3.21. The lowest BCUT2D eigenvalue weighted by Gasteiger charge is -2.20. The fourth-order valence-electron chi connectivity index (χ4n) is 5.20. The number of carbonyl (C=O) groups is 3. The fourth-order valence-corrected chi connectivity index (χ4v) is 5.98. The average molecular weight is 850 g/mol. The fraction of sp³-hybridized carbons (Fsp3) is 0.630. The second-order valence-electron chi connectivity index (χ2n) is 14.3. The largest absolute Gasteiger partial charge is 0.480 e. The number of aliphatic carboxylic acids is 1. The Morgan fingerprint density at radius 1 is 0.610 bits per heavy atom.